The maximum atomic E-state index is 3.60. The van der Waals surface area contributed by atoms with E-state index in [2.05, 4.69) is 52.0 Å². The number of hydrogen-bond donors (Lipinski definition) is 1. The molecule has 0 spiro atoms. The zero-order chi connectivity index (χ0) is 11.9. The summed E-state index contributed by atoms with van der Waals surface area (Å²) < 4.78 is 0. The van der Waals surface area contributed by atoms with Gasteiger partial charge in [-0.3, -0.25) is 0 Å². The molecular formula is C15H14N2S. The minimum Gasteiger partial charge on any atom is -0.341 e. The molecule has 0 radical (unpaired) electrons. The van der Waals surface area contributed by atoms with Gasteiger partial charge in [0.15, 0.2) is 0 Å². The minimum atomic E-state index is 1.09. The van der Waals surface area contributed by atoms with E-state index in [9.17, 15) is 0 Å². The molecule has 3 heterocycles. The molecule has 0 amide bonds. The molecular weight excluding hydrogens is 240 g/mol. The smallest absolute Gasteiger partial charge is 0.110 e. The Labute approximate surface area is 111 Å². The molecule has 2 aromatic rings. The topological polar surface area (TPSA) is 15.3 Å². The highest BCUT2D eigenvalue weighted by molar-refractivity contribution is 7.10. The Bertz CT molecular complexity index is 612. The van der Waals surface area contributed by atoms with Crippen molar-refractivity contribution in [2.45, 2.75) is 12.8 Å². The summed E-state index contributed by atoms with van der Waals surface area (Å²) in [5.74, 6) is 1.31. The van der Waals surface area contributed by atoms with E-state index >= 15 is 0 Å². The number of anilines is 2. The minimum absolute atomic E-state index is 1.09. The summed E-state index contributed by atoms with van der Waals surface area (Å²) >= 11 is 1.86. The van der Waals surface area contributed by atoms with Gasteiger partial charge in [-0.15, -0.1) is 11.3 Å². The van der Waals surface area contributed by atoms with Crippen molar-refractivity contribution in [2.75, 3.05) is 16.8 Å². The van der Waals surface area contributed by atoms with Crippen LogP contribution in [0, 0.1) is 0 Å². The Morgan fingerprint density at radius 3 is 2.89 bits per heavy atom. The molecule has 1 aromatic carbocycles. The molecule has 0 atom stereocenters. The van der Waals surface area contributed by atoms with E-state index in [1.165, 1.54) is 28.5 Å². The Hall–Kier alpha value is -1.74. The van der Waals surface area contributed by atoms with Gasteiger partial charge >= 0.3 is 0 Å². The second kappa shape index (κ2) is 3.89. The third-order valence-corrected chi connectivity index (χ3v) is 4.60. The summed E-state index contributed by atoms with van der Waals surface area (Å²) in [5, 5.41) is 5.78. The normalized spacial score (nSPS) is 17.4. The quantitative estimate of drug-likeness (QED) is 0.832. The predicted octanol–water partition coefficient (Wildman–Crippen LogP) is 3.84. The molecule has 2 aliphatic heterocycles. The molecule has 18 heavy (non-hydrogen) atoms. The van der Waals surface area contributed by atoms with E-state index in [-0.39, 0.29) is 0 Å². The molecule has 0 bridgehead atoms. The maximum Gasteiger partial charge on any atom is 0.110 e. The second-order valence-corrected chi connectivity index (χ2v) is 5.75. The number of para-hydroxylation sites is 1. The molecule has 1 aromatic heterocycles. The fourth-order valence-corrected chi connectivity index (χ4v) is 3.64. The first-order valence-electron chi connectivity index (χ1n) is 6.30. The average Bonchev–Trinajstić information content (AvgIpc) is 3.02. The molecule has 0 unspecified atom stereocenters. The van der Waals surface area contributed by atoms with E-state index in [1.54, 1.807) is 5.57 Å². The lowest BCUT2D eigenvalue weighted by molar-refractivity contribution is 0.954. The van der Waals surface area contributed by atoms with Crippen molar-refractivity contribution in [1.82, 2.24) is 0 Å². The fourth-order valence-electron chi connectivity index (χ4n) is 2.77. The van der Waals surface area contributed by atoms with Gasteiger partial charge in [0.05, 0.1) is 5.69 Å². The van der Waals surface area contributed by atoms with Crippen molar-refractivity contribution in [3.8, 4) is 0 Å². The molecule has 0 saturated carbocycles. The molecule has 1 N–H and O–H groups in total. The molecule has 90 valence electrons. The number of rotatable bonds is 1. The van der Waals surface area contributed by atoms with Crippen LogP contribution in [-0.4, -0.2) is 6.54 Å². The number of thiophene rings is 1. The summed E-state index contributed by atoms with van der Waals surface area (Å²) in [6.07, 6.45) is 2.30. The van der Waals surface area contributed by atoms with Gasteiger partial charge in [0, 0.05) is 23.5 Å². The van der Waals surface area contributed by atoms with E-state index in [1.807, 2.05) is 11.3 Å². The zero-order valence-corrected chi connectivity index (χ0v) is 10.8. The second-order valence-electron chi connectivity index (χ2n) is 4.75. The van der Waals surface area contributed by atoms with Gasteiger partial charge in [0.25, 0.3) is 0 Å². The largest absolute Gasteiger partial charge is 0.341 e. The lowest BCUT2D eigenvalue weighted by atomic mass is 10.1. The first kappa shape index (κ1) is 10.2. The molecule has 4 rings (SSSR count). The van der Waals surface area contributed by atoms with Crippen LogP contribution in [0.4, 0.5) is 11.4 Å². The van der Waals surface area contributed by atoms with Crippen molar-refractivity contribution in [2.24, 2.45) is 0 Å². The maximum absolute atomic E-state index is 3.60. The van der Waals surface area contributed by atoms with E-state index < -0.39 is 0 Å². The average molecular weight is 254 g/mol. The van der Waals surface area contributed by atoms with E-state index in [0.717, 1.165) is 13.0 Å². The monoisotopic (exact) mass is 254 g/mol. The van der Waals surface area contributed by atoms with Crippen molar-refractivity contribution in [3.63, 3.8) is 0 Å². The number of nitrogens with zero attached hydrogens (tertiary/aromatic N) is 1. The lowest BCUT2D eigenvalue weighted by Gasteiger charge is -2.26. The summed E-state index contributed by atoms with van der Waals surface area (Å²) in [4.78, 5) is 3.87. The van der Waals surface area contributed by atoms with E-state index in [0.29, 0.717) is 0 Å². The molecule has 2 nitrogen and oxygen atoms in total. The standard InChI is InChI=1S/C15H14N2S/c1-2-4-12(5-3-1)17-8-6-11-10-14-13(7-9-18-14)16-15(11)17/h1-5,7,9,16H,6,8,10H2. The summed E-state index contributed by atoms with van der Waals surface area (Å²) in [7, 11) is 0. The van der Waals surface area contributed by atoms with Crippen LogP contribution in [0.3, 0.4) is 0 Å². The molecule has 0 fully saturated rings. The van der Waals surface area contributed by atoms with Crippen LogP contribution in [0.15, 0.2) is 53.2 Å². The van der Waals surface area contributed by atoms with Crippen LogP contribution in [0.2, 0.25) is 0 Å². The lowest BCUT2D eigenvalue weighted by Crippen LogP contribution is -2.24. The highest BCUT2D eigenvalue weighted by Crippen LogP contribution is 2.39. The zero-order valence-electron chi connectivity index (χ0n) is 10.0. The molecule has 2 aliphatic rings. The Morgan fingerprint density at radius 2 is 2.00 bits per heavy atom. The van der Waals surface area contributed by atoms with E-state index in [4.69, 9.17) is 0 Å². The molecule has 3 heteroatoms. The van der Waals surface area contributed by atoms with Gasteiger partial charge in [0.1, 0.15) is 5.82 Å². The number of hydrogen-bond acceptors (Lipinski definition) is 3. The highest BCUT2D eigenvalue weighted by Gasteiger charge is 2.28. The fraction of sp³-hybridized carbons (Fsp3) is 0.200. The van der Waals surface area contributed by atoms with Gasteiger partial charge in [-0.05, 0) is 35.6 Å². The Balaban J connectivity index is 1.72. The number of benzene rings is 1. The third-order valence-electron chi connectivity index (χ3n) is 3.68. The number of fused-ring (bicyclic) bond motifs is 1. The van der Waals surface area contributed by atoms with Gasteiger partial charge in [-0.2, -0.15) is 0 Å². The van der Waals surface area contributed by atoms with Crippen LogP contribution in [0.25, 0.3) is 0 Å². The van der Waals surface area contributed by atoms with Crippen LogP contribution in [0.1, 0.15) is 11.3 Å². The van der Waals surface area contributed by atoms with Gasteiger partial charge < -0.3 is 10.2 Å². The number of nitrogens with one attached hydrogen (secondary N) is 1. The van der Waals surface area contributed by atoms with Gasteiger partial charge in [-0.25, -0.2) is 0 Å². The van der Waals surface area contributed by atoms with Gasteiger partial charge in [-0.1, -0.05) is 18.2 Å². The van der Waals surface area contributed by atoms with Crippen molar-refractivity contribution >= 4 is 22.7 Å². The third kappa shape index (κ3) is 1.47. The Morgan fingerprint density at radius 1 is 1.11 bits per heavy atom. The van der Waals surface area contributed by atoms with Gasteiger partial charge in [0.2, 0.25) is 0 Å². The van der Waals surface area contributed by atoms with Crippen molar-refractivity contribution < 1.29 is 0 Å². The Kier molecular flexibility index (Phi) is 2.20. The SMILES string of the molecule is c1ccc(N2CCC3=C2Nc2ccsc2C3)cc1. The molecule has 0 aliphatic carbocycles. The van der Waals surface area contributed by atoms with Crippen LogP contribution in [-0.2, 0) is 6.42 Å². The summed E-state index contributed by atoms with van der Waals surface area (Å²) in [6, 6.07) is 12.8. The van der Waals surface area contributed by atoms with Crippen LogP contribution >= 0.6 is 11.3 Å². The molecule has 0 saturated heterocycles. The summed E-state index contributed by atoms with van der Waals surface area (Å²) in [6.45, 7) is 1.09. The predicted molar refractivity (Wildman–Crippen MR) is 77.1 cm³/mol. The van der Waals surface area contributed by atoms with Crippen LogP contribution < -0.4 is 10.2 Å². The summed E-state index contributed by atoms with van der Waals surface area (Å²) in [5.41, 5.74) is 4.13. The van der Waals surface area contributed by atoms with Crippen molar-refractivity contribution in [1.29, 1.82) is 0 Å². The van der Waals surface area contributed by atoms with Crippen LogP contribution in [0.5, 0.6) is 0 Å². The highest BCUT2D eigenvalue weighted by atomic mass is 32.1. The van der Waals surface area contributed by atoms with Crippen molar-refractivity contribution in [3.05, 3.63) is 58.0 Å². The first-order valence-corrected chi connectivity index (χ1v) is 7.18. The first-order chi connectivity index (χ1) is 8.92.